The molecule has 0 saturated heterocycles. The Hall–Kier alpha value is -0.300. The second kappa shape index (κ2) is 5.11. The fourth-order valence-electron chi connectivity index (χ4n) is 6.34. The molecule has 0 heterocycles. The van der Waals surface area contributed by atoms with E-state index in [0.717, 1.165) is 18.3 Å². The van der Waals surface area contributed by atoms with E-state index in [0.29, 0.717) is 23.2 Å². The molecule has 1 nitrogen and oxygen atoms in total. The Balaban J connectivity index is 2.01. The highest BCUT2D eigenvalue weighted by Crippen LogP contribution is 2.62. The van der Waals surface area contributed by atoms with Gasteiger partial charge in [-0.1, -0.05) is 32.9 Å². The molecule has 3 fully saturated rings. The smallest absolute Gasteiger partial charge is 0.0650 e. The third-order valence-corrected chi connectivity index (χ3v) is 7.45. The maximum Gasteiger partial charge on any atom is 0.0650 e. The molecule has 3 aliphatic rings. The molecular weight excluding hydrogens is 256 g/mol. The van der Waals surface area contributed by atoms with Crippen molar-refractivity contribution in [2.24, 2.45) is 35.0 Å². The van der Waals surface area contributed by atoms with Crippen molar-refractivity contribution >= 4 is 0 Å². The standard InChI is InChI=1S/C20H34O/c1-13(2)15-8-12-20(5,21)16-9-11-19(4)10-6-7-14(3)18(19)17(15)16/h13,15-18,21H,3,6-12H2,1-2,4-5H3/t15-,16+,17-,18+,19+,20+/m0/s1. The van der Waals surface area contributed by atoms with Crippen LogP contribution in [0.5, 0.6) is 0 Å². The SMILES string of the molecule is C=C1CCC[C@]2(C)CC[C@@H]3[C@@H]([C@@H]12)[C@H](C(C)C)CC[C@@]3(C)O. The summed E-state index contributed by atoms with van der Waals surface area (Å²) in [5.41, 5.74) is 1.51. The Morgan fingerprint density at radius 1 is 1.14 bits per heavy atom. The minimum atomic E-state index is -0.449. The molecule has 0 unspecified atom stereocenters. The lowest BCUT2D eigenvalue weighted by molar-refractivity contribution is -0.147. The number of rotatable bonds is 1. The molecule has 3 aliphatic carbocycles. The van der Waals surface area contributed by atoms with Crippen LogP contribution in [0.3, 0.4) is 0 Å². The van der Waals surface area contributed by atoms with Gasteiger partial charge in [0.25, 0.3) is 0 Å². The molecule has 1 N–H and O–H groups in total. The van der Waals surface area contributed by atoms with Crippen molar-refractivity contribution in [2.45, 2.75) is 78.2 Å². The number of aliphatic hydroxyl groups is 1. The Morgan fingerprint density at radius 3 is 2.52 bits per heavy atom. The van der Waals surface area contributed by atoms with Crippen molar-refractivity contribution in [3.8, 4) is 0 Å². The van der Waals surface area contributed by atoms with Crippen molar-refractivity contribution in [1.29, 1.82) is 0 Å². The second-order valence-electron chi connectivity index (χ2n) is 9.17. The monoisotopic (exact) mass is 290 g/mol. The number of fused-ring (bicyclic) bond motifs is 3. The molecule has 0 spiro atoms. The zero-order valence-electron chi connectivity index (χ0n) is 14.5. The van der Waals surface area contributed by atoms with Crippen LogP contribution < -0.4 is 0 Å². The van der Waals surface area contributed by atoms with Crippen molar-refractivity contribution in [2.75, 3.05) is 0 Å². The Bertz CT molecular complexity index is 422. The molecule has 6 atom stereocenters. The highest BCUT2D eigenvalue weighted by atomic mass is 16.3. The molecule has 0 radical (unpaired) electrons. The molecule has 0 aromatic heterocycles. The van der Waals surface area contributed by atoms with E-state index in [2.05, 4.69) is 34.3 Å². The van der Waals surface area contributed by atoms with E-state index in [-0.39, 0.29) is 0 Å². The van der Waals surface area contributed by atoms with E-state index in [1.807, 2.05) is 0 Å². The van der Waals surface area contributed by atoms with E-state index in [1.165, 1.54) is 44.1 Å². The van der Waals surface area contributed by atoms with Gasteiger partial charge in [0.15, 0.2) is 0 Å². The molecule has 21 heavy (non-hydrogen) atoms. The highest BCUT2D eigenvalue weighted by molar-refractivity contribution is 5.18. The van der Waals surface area contributed by atoms with Gasteiger partial charge in [0.1, 0.15) is 0 Å². The molecule has 0 amide bonds. The Kier molecular flexibility index (Phi) is 3.80. The summed E-state index contributed by atoms with van der Waals surface area (Å²) in [7, 11) is 0. The third kappa shape index (κ3) is 2.40. The molecule has 0 aliphatic heterocycles. The van der Waals surface area contributed by atoms with Gasteiger partial charge in [0.2, 0.25) is 0 Å². The first-order valence-electron chi connectivity index (χ1n) is 9.16. The third-order valence-electron chi connectivity index (χ3n) is 7.45. The highest BCUT2D eigenvalue weighted by Gasteiger charge is 2.57. The quantitative estimate of drug-likeness (QED) is 0.659. The number of hydrogen-bond donors (Lipinski definition) is 1. The summed E-state index contributed by atoms with van der Waals surface area (Å²) in [4.78, 5) is 0. The van der Waals surface area contributed by atoms with E-state index in [4.69, 9.17) is 0 Å². The molecule has 0 bridgehead atoms. The first-order valence-corrected chi connectivity index (χ1v) is 9.16. The Morgan fingerprint density at radius 2 is 1.86 bits per heavy atom. The number of allylic oxidation sites excluding steroid dienone is 1. The molecule has 0 aromatic carbocycles. The van der Waals surface area contributed by atoms with Crippen LogP contribution in [0.1, 0.15) is 72.6 Å². The van der Waals surface area contributed by atoms with Crippen LogP contribution in [-0.4, -0.2) is 10.7 Å². The zero-order valence-corrected chi connectivity index (χ0v) is 14.5. The summed E-state index contributed by atoms with van der Waals surface area (Å²) in [6, 6.07) is 0. The van der Waals surface area contributed by atoms with E-state index < -0.39 is 5.60 Å². The van der Waals surface area contributed by atoms with Crippen LogP contribution in [0.4, 0.5) is 0 Å². The van der Waals surface area contributed by atoms with Crippen LogP contribution in [0.25, 0.3) is 0 Å². The summed E-state index contributed by atoms with van der Waals surface area (Å²) in [5.74, 6) is 3.32. The van der Waals surface area contributed by atoms with Crippen LogP contribution in [-0.2, 0) is 0 Å². The lowest BCUT2D eigenvalue weighted by atomic mass is 9.45. The first kappa shape index (κ1) is 15.6. The van der Waals surface area contributed by atoms with Crippen LogP contribution in [0.15, 0.2) is 12.2 Å². The first-order chi connectivity index (χ1) is 9.76. The zero-order chi connectivity index (χ0) is 15.4. The summed E-state index contributed by atoms with van der Waals surface area (Å²) in [5, 5.41) is 11.0. The minimum absolute atomic E-state index is 0.449. The van der Waals surface area contributed by atoms with Crippen LogP contribution in [0.2, 0.25) is 0 Å². The Labute approximate surface area is 131 Å². The van der Waals surface area contributed by atoms with Gasteiger partial charge in [-0.05, 0) is 86.9 Å². The predicted octanol–water partition coefficient (Wildman–Crippen LogP) is 5.19. The van der Waals surface area contributed by atoms with Gasteiger partial charge in [-0.2, -0.15) is 0 Å². The predicted molar refractivity (Wildman–Crippen MR) is 89.0 cm³/mol. The topological polar surface area (TPSA) is 20.2 Å². The van der Waals surface area contributed by atoms with Crippen molar-refractivity contribution in [3.63, 3.8) is 0 Å². The van der Waals surface area contributed by atoms with Gasteiger partial charge in [-0.15, -0.1) is 0 Å². The molecule has 0 aromatic rings. The summed E-state index contributed by atoms with van der Waals surface area (Å²) < 4.78 is 0. The molecular formula is C20H34O. The van der Waals surface area contributed by atoms with Gasteiger partial charge in [-0.25, -0.2) is 0 Å². The maximum atomic E-state index is 11.0. The normalized spacial score (nSPS) is 50.7. The van der Waals surface area contributed by atoms with Gasteiger partial charge < -0.3 is 5.11 Å². The van der Waals surface area contributed by atoms with E-state index in [1.54, 1.807) is 0 Å². The van der Waals surface area contributed by atoms with Gasteiger partial charge >= 0.3 is 0 Å². The fraction of sp³-hybridized carbons (Fsp3) is 0.900. The molecule has 120 valence electrons. The van der Waals surface area contributed by atoms with Crippen LogP contribution >= 0.6 is 0 Å². The van der Waals surface area contributed by atoms with Crippen LogP contribution in [0, 0.1) is 35.0 Å². The van der Waals surface area contributed by atoms with Crippen molar-refractivity contribution < 1.29 is 5.11 Å². The molecule has 3 rings (SSSR count). The summed E-state index contributed by atoms with van der Waals surface area (Å²) in [6.45, 7) is 13.9. The summed E-state index contributed by atoms with van der Waals surface area (Å²) >= 11 is 0. The van der Waals surface area contributed by atoms with Gasteiger partial charge in [0.05, 0.1) is 5.60 Å². The van der Waals surface area contributed by atoms with Crippen molar-refractivity contribution in [3.05, 3.63) is 12.2 Å². The largest absolute Gasteiger partial charge is 0.390 e. The second-order valence-corrected chi connectivity index (χ2v) is 9.17. The van der Waals surface area contributed by atoms with E-state index in [9.17, 15) is 5.11 Å². The number of hydrogen-bond acceptors (Lipinski definition) is 1. The lowest BCUT2D eigenvalue weighted by Gasteiger charge is -2.61. The van der Waals surface area contributed by atoms with E-state index >= 15 is 0 Å². The maximum absolute atomic E-state index is 11.0. The van der Waals surface area contributed by atoms with Gasteiger partial charge in [-0.3, -0.25) is 0 Å². The lowest BCUT2D eigenvalue weighted by Crippen LogP contribution is -2.57. The molecule has 3 saturated carbocycles. The van der Waals surface area contributed by atoms with Crippen molar-refractivity contribution in [1.82, 2.24) is 0 Å². The average molecular weight is 290 g/mol. The van der Waals surface area contributed by atoms with Gasteiger partial charge in [0, 0.05) is 0 Å². The summed E-state index contributed by atoms with van der Waals surface area (Å²) in [6.07, 6.45) is 8.62. The average Bonchev–Trinajstić information content (AvgIpc) is 2.36. The minimum Gasteiger partial charge on any atom is -0.390 e. The fourth-order valence-corrected chi connectivity index (χ4v) is 6.34. The molecule has 1 heteroatoms.